The molecule has 0 aliphatic rings. The van der Waals surface area contributed by atoms with Crippen molar-refractivity contribution in [3.05, 3.63) is 42.5 Å². The van der Waals surface area contributed by atoms with E-state index in [1.165, 1.54) is 0 Å². The van der Waals surface area contributed by atoms with Gasteiger partial charge in [-0.2, -0.15) is 0 Å². The maximum absolute atomic E-state index is 5.49. The Kier molecular flexibility index (Phi) is 2.36. The van der Waals surface area contributed by atoms with E-state index in [1.54, 1.807) is 24.6 Å². The molecule has 0 radical (unpaired) electrons. The molecule has 14 heavy (non-hydrogen) atoms. The van der Waals surface area contributed by atoms with Gasteiger partial charge < -0.3 is 14.9 Å². The number of furan rings is 1. The van der Waals surface area contributed by atoms with Crippen molar-refractivity contribution in [3.8, 4) is 5.75 Å². The Morgan fingerprint density at radius 2 is 2.36 bits per heavy atom. The molecule has 4 heteroatoms. The van der Waals surface area contributed by atoms with Crippen molar-refractivity contribution in [1.29, 1.82) is 0 Å². The number of nitrogen functional groups attached to an aromatic ring is 1. The molecule has 0 amide bonds. The van der Waals surface area contributed by atoms with Crippen LogP contribution in [-0.4, -0.2) is 4.98 Å². The summed E-state index contributed by atoms with van der Waals surface area (Å²) in [6.07, 6.45) is 3.21. The molecular weight excluding hydrogens is 180 g/mol. The third-order valence-corrected chi connectivity index (χ3v) is 1.71. The third kappa shape index (κ3) is 2.04. The van der Waals surface area contributed by atoms with Crippen LogP contribution in [0.15, 0.2) is 41.1 Å². The molecule has 0 fully saturated rings. The molecule has 0 unspecified atom stereocenters. The van der Waals surface area contributed by atoms with Crippen molar-refractivity contribution in [2.45, 2.75) is 6.61 Å². The Bertz CT molecular complexity index is 398. The highest BCUT2D eigenvalue weighted by Crippen LogP contribution is 2.14. The molecule has 2 rings (SSSR count). The van der Waals surface area contributed by atoms with E-state index in [2.05, 4.69) is 4.98 Å². The van der Waals surface area contributed by atoms with Gasteiger partial charge in [-0.25, -0.2) is 4.98 Å². The molecule has 2 aromatic heterocycles. The Balaban J connectivity index is 1.98. The monoisotopic (exact) mass is 190 g/mol. The molecular formula is C10H10N2O2. The molecule has 0 saturated heterocycles. The van der Waals surface area contributed by atoms with Crippen LogP contribution in [0, 0.1) is 0 Å². The summed E-state index contributed by atoms with van der Waals surface area (Å²) in [5.74, 6) is 1.91. The first-order chi connectivity index (χ1) is 6.84. The first kappa shape index (κ1) is 8.62. The molecule has 0 atom stereocenters. The van der Waals surface area contributed by atoms with Crippen molar-refractivity contribution in [2.75, 3.05) is 5.73 Å². The highest BCUT2D eigenvalue weighted by Gasteiger charge is 1.98. The molecule has 2 aromatic rings. The minimum atomic E-state index is 0.399. The maximum Gasteiger partial charge on any atom is 0.146 e. The minimum absolute atomic E-state index is 0.399. The van der Waals surface area contributed by atoms with E-state index in [1.807, 2.05) is 12.1 Å². The number of pyridine rings is 1. The summed E-state index contributed by atoms with van der Waals surface area (Å²) in [7, 11) is 0. The molecule has 0 aromatic carbocycles. The summed E-state index contributed by atoms with van der Waals surface area (Å²) >= 11 is 0. The van der Waals surface area contributed by atoms with E-state index in [-0.39, 0.29) is 0 Å². The number of ether oxygens (including phenoxy) is 1. The van der Waals surface area contributed by atoms with Crippen molar-refractivity contribution in [2.24, 2.45) is 0 Å². The summed E-state index contributed by atoms with van der Waals surface area (Å²) in [4.78, 5) is 3.86. The lowest BCUT2D eigenvalue weighted by Gasteiger charge is -2.03. The Labute approximate surface area is 81.3 Å². The Morgan fingerprint density at radius 1 is 1.43 bits per heavy atom. The predicted octanol–water partition coefficient (Wildman–Crippen LogP) is 1.84. The molecule has 0 aliphatic carbocycles. The van der Waals surface area contributed by atoms with Gasteiger partial charge in [0.1, 0.15) is 23.9 Å². The normalized spacial score (nSPS) is 10.0. The lowest BCUT2D eigenvalue weighted by molar-refractivity contribution is 0.270. The highest BCUT2D eigenvalue weighted by atomic mass is 16.5. The van der Waals surface area contributed by atoms with Gasteiger partial charge in [-0.1, -0.05) is 0 Å². The van der Waals surface area contributed by atoms with Gasteiger partial charge in [-0.15, -0.1) is 0 Å². The zero-order valence-electron chi connectivity index (χ0n) is 7.51. The molecule has 0 aliphatic heterocycles. The van der Waals surface area contributed by atoms with Crippen molar-refractivity contribution in [3.63, 3.8) is 0 Å². The van der Waals surface area contributed by atoms with E-state index in [4.69, 9.17) is 14.9 Å². The van der Waals surface area contributed by atoms with Crippen LogP contribution in [0.3, 0.4) is 0 Å². The second-order valence-corrected chi connectivity index (χ2v) is 2.78. The summed E-state index contributed by atoms with van der Waals surface area (Å²) in [6.45, 7) is 0.399. The van der Waals surface area contributed by atoms with Crippen LogP contribution in [0.1, 0.15) is 5.76 Å². The summed E-state index contributed by atoms with van der Waals surface area (Å²) in [5, 5.41) is 0. The zero-order chi connectivity index (χ0) is 9.80. The molecule has 4 nitrogen and oxygen atoms in total. The zero-order valence-corrected chi connectivity index (χ0v) is 7.51. The average molecular weight is 190 g/mol. The number of aromatic nitrogens is 1. The molecule has 72 valence electrons. The first-order valence-electron chi connectivity index (χ1n) is 4.21. The molecule has 2 heterocycles. The molecule has 0 saturated carbocycles. The van der Waals surface area contributed by atoms with Crippen LogP contribution in [-0.2, 0) is 6.61 Å². The topological polar surface area (TPSA) is 61.3 Å². The third-order valence-electron chi connectivity index (χ3n) is 1.71. The molecule has 0 bridgehead atoms. The number of nitrogens with zero attached hydrogens (tertiary/aromatic N) is 1. The SMILES string of the molecule is Nc1cc(OCc2ccco2)ccn1. The van der Waals surface area contributed by atoms with E-state index >= 15 is 0 Å². The quantitative estimate of drug-likeness (QED) is 0.802. The van der Waals surface area contributed by atoms with E-state index in [0.29, 0.717) is 18.2 Å². The summed E-state index contributed by atoms with van der Waals surface area (Å²) in [6, 6.07) is 7.09. The van der Waals surface area contributed by atoms with Crippen LogP contribution in [0.5, 0.6) is 5.75 Å². The lowest BCUT2D eigenvalue weighted by atomic mass is 10.4. The van der Waals surface area contributed by atoms with E-state index < -0.39 is 0 Å². The van der Waals surface area contributed by atoms with Crippen molar-refractivity contribution in [1.82, 2.24) is 4.98 Å². The van der Waals surface area contributed by atoms with Crippen LogP contribution < -0.4 is 10.5 Å². The largest absolute Gasteiger partial charge is 0.485 e. The number of hydrogen-bond acceptors (Lipinski definition) is 4. The highest BCUT2D eigenvalue weighted by molar-refractivity contribution is 5.35. The van der Waals surface area contributed by atoms with Gasteiger partial charge in [0.15, 0.2) is 0 Å². The summed E-state index contributed by atoms with van der Waals surface area (Å²) < 4.78 is 10.5. The minimum Gasteiger partial charge on any atom is -0.485 e. The lowest BCUT2D eigenvalue weighted by Crippen LogP contribution is -1.95. The Morgan fingerprint density at radius 3 is 3.07 bits per heavy atom. The van der Waals surface area contributed by atoms with Gasteiger partial charge >= 0.3 is 0 Å². The molecule has 0 spiro atoms. The van der Waals surface area contributed by atoms with Crippen LogP contribution in [0.4, 0.5) is 5.82 Å². The van der Waals surface area contributed by atoms with Crippen LogP contribution in [0.2, 0.25) is 0 Å². The average Bonchev–Trinajstić information content (AvgIpc) is 2.67. The maximum atomic E-state index is 5.49. The number of nitrogens with two attached hydrogens (primary N) is 1. The van der Waals surface area contributed by atoms with E-state index in [9.17, 15) is 0 Å². The molecule has 2 N–H and O–H groups in total. The van der Waals surface area contributed by atoms with Crippen LogP contribution in [0.25, 0.3) is 0 Å². The number of anilines is 1. The first-order valence-corrected chi connectivity index (χ1v) is 4.21. The summed E-state index contributed by atoms with van der Waals surface area (Å²) in [5.41, 5.74) is 5.49. The second-order valence-electron chi connectivity index (χ2n) is 2.78. The van der Waals surface area contributed by atoms with Gasteiger partial charge in [0.2, 0.25) is 0 Å². The van der Waals surface area contributed by atoms with Crippen LogP contribution >= 0.6 is 0 Å². The van der Waals surface area contributed by atoms with Gasteiger partial charge in [0, 0.05) is 12.3 Å². The number of rotatable bonds is 3. The van der Waals surface area contributed by atoms with Gasteiger partial charge in [-0.3, -0.25) is 0 Å². The van der Waals surface area contributed by atoms with Crippen molar-refractivity contribution < 1.29 is 9.15 Å². The van der Waals surface area contributed by atoms with Crippen molar-refractivity contribution >= 4 is 5.82 Å². The van der Waals surface area contributed by atoms with Gasteiger partial charge in [0.25, 0.3) is 0 Å². The Hall–Kier alpha value is -1.97. The van der Waals surface area contributed by atoms with Gasteiger partial charge in [-0.05, 0) is 18.2 Å². The standard InChI is InChI=1S/C10H10N2O2/c11-10-6-8(3-4-12-10)14-7-9-2-1-5-13-9/h1-6H,7H2,(H2,11,12). The number of hydrogen-bond donors (Lipinski definition) is 1. The second kappa shape index (κ2) is 3.83. The fourth-order valence-electron chi connectivity index (χ4n) is 1.07. The van der Waals surface area contributed by atoms with E-state index in [0.717, 1.165) is 5.76 Å². The smallest absolute Gasteiger partial charge is 0.146 e. The fraction of sp³-hybridized carbons (Fsp3) is 0.100. The van der Waals surface area contributed by atoms with Gasteiger partial charge in [0.05, 0.1) is 6.26 Å². The fourth-order valence-corrected chi connectivity index (χ4v) is 1.07. The predicted molar refractivity (Wildman–Crippen MR) is 51.7 cm³/mol.